The van der Waals surface area contributed by atoms with Crippen LogP contribution in [0.5, 0.6) is 0 Å². The van der Waals surface area contributed by atoms with Crippen molar-refractivity contribution in [1.29, 1.82) is 0 Å². The lowest BCUT2D eigenvalue weighted by Crippen LogP contribution is -2.30. The normalized spacial score (nSPS) is 14.9. The topological polar surface area (TPSA) is 75.7 Å². The van der Waals surface area contributed by atoms with Crippen LogP contribution < -0.4 is 9.62 Å². The molecule has 31 heavy (non-hydrogen) atoms. The van der Waals surface area contributed by atoms with Crippen molar-refractivity contribution in [2.45, 2.75) is 30.3 Å². The van der Waals surface area contributed by atoms with E-state index >= 15 is 0 Å². The molecule has 0 unspecified atom stereocenters. The molecule has 0 saturated carbocycles. The highest BCUT2D eigenvalue weighted by Gasteiger charge is 2.32. The summed E-state index contributed by atoms with van der Waals surface area (Å²) in [5, 5.41) is 0. The fraction of sp³-hybridized carbons (Fsp3) is 0.350. The number of benzene rings is 2. The molecule has 1 saturated heterocycles. The third-order valence-electron chi connectivity index (χ3n) is 4.91. The maximum atomic E-state index is 14.3. The Kier molecular flexibility index (Phi) is 6.44. The molecule has 3 rings (SSSR count). The summed E-state index contributed by atoms with van der Waals surface area (Å²) in [5.74, 6) is -2.05. The second-order valence-corrected chi connectivity index (χ2v) is 8.67. The predicted octanol–water partition coefficient (Wildman–Crippen LogP) is 4.42. The van der Waals surface area contributed by atoms with Gasteiger partial charge in [0.25, 0.3) is 10.0 Å². The van der Waals surface area contributed by atoms with E-state index in [1.165, 1.54) is 6.07 Å². The van der Waals surface area contributed by atoms with E-state index in [-0.39, 0.29) is 16.9 Å². The van der Waals surface area contributed by atoms with Gasteiger partial charge in [0, 0.05) is 13.1 Å². The zero-order valence-corrected chi connectivity index (χ0v) is 17.3. The SMILES string of the molecule is COC(=O)c1ccc(F)c(S(=O)(=O)Nc2cc(C(F)(F)F)ccc2N2CCCCC2)c1. The van der Waals surface area contributed by atoms with Crippen molar-refractivity contribution in [3.05, 3.63) is 53.3 Å². The number of halogens is 4. The molecule has 1 heterocycles. The monoisotopic (exact) mass is 460 g/mol. The molecule has 0 aliphatic carbocycles. The van der Waals surface area contributed by atoms with E-state index in [1.54, 1.807) is 4.90 Å². The molecule has 11 heteroatoms. The standard InChI is InChI=1S/C20H20F4N2O4S/c1-30-19(27)13-5-7-15(21)18(11-13)31(28,29)25-16-12-14(20(22,23)24)6-8-17(16)26-9-3-2-4-10-26/h5-8,11-12,25H,2-4,9-10H2,1H3. The number of nitrogens with one attached hydrogen (secondary N) is 1. The summed E-state index contributed by atoms with van der Waals surface area (Å²) in [6.45, 7) is 1.10. The molecule has 2 aromatic rings. The van der Waals surface area contributed by atoms with Gasteiger partial charge in [0.2, 0.25) is 0 Å². The van der Waals surface area contributed by atoms with E-state index < -0.39 is 38.4 Å². The van der Waals surface area contributed by atoms with E-state index in [0.717, 1.165) is 50.6 Å². The molecule has 0 spiro atoms. The van der Waals surface area contributed by atoms with Gasteiger partial charge in [-0.25, -0.2) is 17.6 Å². The Hall–Kier alpha value is -2.82. The highest BCUT2D eigenvalue weighted by molar-refractivity contribution is 7.92. The molecule has 1 aliphatic heterocycles. The van der Waals surface area contributed by atoms with Gasteiger partial charge in [-0.15, -0.1) is 0 Å². The van der Waals surface area contributed by atoms with E-state index in [2.05, 4.69) is 9.46 Å². The summed E-state index contributed by atoms with van der Waals surface area (Å²) in [4.78, 5) is 12.6. The third kappa shape index (κ3) is 5.09. The van der Waals surface area contributed by atoms with Gasteiger partial charge in [-0.2, -0.15) is 13.2 Å². The van der Waals surface area contributed by atoms with Crippen molar-refractivity contribution in [2.24, 2.45) is 0 Å². The van der Waals surface area contributed by atoms with Crippen molar-refractivity contribution in [3.8, 4) is 0 Å². The Labute approximate surface area is 176 Å². The second-order valence-electron chi connectivity index (χ2n) is 7.02. The predicted molar refractivity (Wildman–Crippen MR) is 106 cm³/mol. The van der Waals surface area contributed by atoms with Gasteiger partial charge in [-0.05, 0) is 55.7 Å². The van der Waals surface area contributed by atoms with Crippen molar-refractivity contribution in [3.63, 3.8) is 0 Å². The third-order valence-corrected chi connectivity index (χ3v) is 6.29. The Bertz CT molecular complexity index is 1080. The summed E-state index contributed by atoms with van der Waals surface area (Å²) in [5.41, 5.74) is -1.32. The number of anilines is 2. The van der Waals surface area contributed by atoms with E-state index in [4.69, 9.17) is 0 Å². The van der Waals surface area contributed by atoms with Crippen LogP contribution in [0.1, 0.15) is 35.2 Å². The van der Waals surface area contributed by atoms with E-state index in [9.17, 15) is 30.8 Å². The van der Waals surface area contributed by atoms with Gasteiger partial charge in [-0.1, -0.05) is 0 Å². The van der Waals surface area contributed by atoms with Crippen LogP contribution in [0.4, 0.5) is 28.9 Å². The lowest BCUT2D eigenvalue weighted by Gasteiger charge is -2.31. The van der Waals surface area contributed by atoms with Crippen LogP contribution in [0.3, 0.4) is 0 Å². The summed E-state index contributed by atoms with van der Waals surface area (Å²) in [7, 11) is -3.58. The summed E-state index contributed by atoms with van der Waals surface area (Å²) >= 11 is 0. The molecular weight excluding hydrogens is 440 g/mol. The minimum absolute atomic E-state index is 0.218. The minimum atomic E-state index is -4.70. The van der Waals surface area contributed by atoms with Crippen molar-refractivity contribution in [2.75, 3.05) is 29.8 Å². The largest absolute Gasteiger partial charge is 0.465 e. The van der Waals surface area contributed by atoms with Crippen LogP contribution in [0.25, 0.3) is 0 Å². The Balaban J connectivity index is 2.06. The number of hydrogen-bond acceptors (Lipinski definition) is 5. The maximum absolute atomic E-state index is 14.3. The molecule has 6 nitrogen and oxygen atoms in total. The highest BCUT2D eigenvalue weighted by Crippen LogP contribution is 2.37. The van der Waals surface area contributed by atoms with Crippen LogP contribution in [0.2, 0.25) is 0 Å². The Morgan fingerprint density at radius 3 is 2.35 bits per heavy atom. The number of alkyl halides is 3. The average Bonchev–Trinajstić information content (AvgIpc) is 2.73. The number of nitrogens with zero attached hydrogens (tertiary/aromatic N) is 1. The van der Waals surface area contributed by atoms with Gasteiger partial charge in [-0.3, -0.25) is 4.72 Å². The molecule has 1 fully saturated rings. The molecule has 168 valence electrons. The highest BCUT2D eigenvalue weighted by atomic mass is 32.2. The smallest absolute Gasteiger partial charge is 0.416 e. The first kappa shape index (κ1) is 22.9. The van der Waals surface area contributed by atoms with Gasteiger partial charge in [0.05, 0.1) is 29.6 Å². The van der Waals surface area contributed by atoms with E-state index in [1.807, 2.05) is 0 Å². The first-order chi connectivity index (χ1) is 14.5. The number of carbonyl (C=O) groups is 1. The molecule has 0 amide bonds. The minimum Gasteiger partial charge on any atom is -0.465 e. The van der Waals surface area contributed by atoms with Crippen molar-refractivity contribution >= 4 is 27.4 Å². The summed E-state index contributed by atoms with van der Waals surface area (Å²) in [6.07, 6.45) is -2.12. The first-order valence-corrected chi connectivity index (χ1v) is 10.9. The van der Waals surface area contributed by atoms with Crippen molar-refractivity contribution < 1.29 is 35.5 Å². The Morgan fingerprint density at radius 2 is 1.74 bits per heavy atom. The molecule has 0 atom stereocenters. The van der Waals surface area contributed by atoms with Gasteiger partial charge in [0.1, 0.15) is 10.7 Å². The zero-order chi connectivity index (χ0) is 22.8. The average molecular weight is 460 g/mol. The maximum Gasteiger partial charge on any atom is 0.416 e. The van der Waals surface area contributed by atoms with Crippen LogP contribution in [0, 0.1) is 5.82 Å². The van der Waals surface area contributed by atoms with Crippen LogP contribution in [0.15, 0.2) is 41.3 Å². The molecule has 0 bridgehead atoms. The molecule has 1 N–H and O–H groups in total. The van der Waals surface area contributed by atoms with Crippen molar-refractivity contribution in [1.82, 2.24) is 0 Å². The summed E-state index contributed by atoms with van der Waals surface area (Å²) in [6, 6.07) is 5.36. The molecule has 0 radical (unpaired) electrons. The lowest BCUT2D eigenvalue weighted by molar-refractivity contribution is -0.137. The number of piperidine rings is 1. The fourth-order valence-electron chi connectivity index (χ4n) is 3.36. The lowest BCUT2D eigenvalue weighted by atomic mass is 10.1. The number of rotatable bonds is 5. The van der Waals surface area contributed by atoms with Crippen LogP contribution in [-0.2, 0) is 20.9 Å². The molecule has 1 aliphatic rings. The number of carbonyl (C=O) groups excluding carboxylic acids is 1. The number of hydrogen-bond donors (Lipinski definition) is 1. The van der Waals surface area contributed by atoms with Gasteiger partial charge >= 0.3 is 12.1 Å². The zero-order valence-electron chi connectivity index (χ0n) is 16.5. The number of sulfonamides is 1. The molecule has 2 aromatic carbocycles. The van der Waals surface area contributed by atoms with Crippen LogP contribution >= 0.6 is 0 Å². The number of methoxy groups -OCH3 is 1. The van der Waals surface area contributed by atoms with Gasteiger partial charge < -0.3 is 9.64 Å². The second kappa shape index (κ2) is 8.74. The molecular formula is C20H20F4N2O4S. The quantitative estimate of drug-likeness (QED) is 0.528. The molecule has 0 aromatic heterocycles. The Morgan fingerprint density at radius 1 is 1.06 bits per heavy atom. The van der Waals surface area contributed by atoms with E-state index in [0.29, 0.717) is 19.2 Å². The summed E-state index contributed by atoms with van der Waals surface area (Å²) < 4.78 is 86.4. The fourth-order valence-corrected chi connectivity index (χ4v) is 4.53. The van der Waals surface area contributed by atoms with Gasteiger partial charge in [0.15, 0.2) is 0 Å². The number of ether oxygens (including phenoxy) is 1. The first-order valence-electron chi connectivity index (χ1n) is 9.40. The van der Waals surface area contributed by atoms with Crippen LogP contribution in [-0.4, -0.2) is 34.6 Å². The number of esters is 1.